The van der Waals surface area contributed by atoms with Gasteiger partial charge in [-0.1, -0.05) is 0 Å². The minimum Gasteiger partial charge on any atom is -0.393 e. The number of hydrogen-bond donors (Lipinski definition) is 3. The zero-order valence-electron chi connectivity index (χ0n) is 11.5. The molecule has 0 bridgehead atoms. The molecule has 0 aliphatic rings. The van der Waals surface area contributed by atoms with Crippen molar-refractivity contribution in [1.82, 2.24) is 4.72 Å². The molecule has 1 rings (SSSR count). The normalized spacial score (nSPS) is 12.1. The van der Waals surface area contributed by atoms with Crippen molar-refractivity contribution in [3.8, 4) is 0 Å². The lowest BCUT2D eigenvalue weighted by Crippen LogP contribution is -2.45. The molecule has 0 aromatic heterocycles. The van der Waals surface area contributed by atoms with E-state index in [0.29, 0.717) is 0 Å². The third-order valence-electron chi connectivity index (χ3n) is 2.53. The summed E-state index contributed by atoms with van der Waals surface area (Å²) in [6.45, 7) is 2.98. The number of carbonyl (C=O) groups excluding carboxylic acids is 1. The molecule has 0 spiro atoms. The van der Waals surface area contributed by atoms with E-state index in [2.05, 4.69) is 4.72 Å². The van der Waals surface area contributed by atoms with Gasteiger partial charge in [0.05, 0.1) is 9.82 Å². The molecule has 0 aliphatic heterocycles. The van der Waals surface area contributed by atoms with Crippen LogP contribution in [0.5, 0.6) is 0 Å². The molecule has 5 N–H and O–H groups in total. The van der Waals surface area contributed by atoms with Gasteiger partial charge in [0.2, 0.25) is 15.9 Å². The Kier molecular flexibility index (Phi) is 4.54. The van der Waals surface area contributed by atoms with E-state index in [1.807, 2.05) is 0 Å². The molecule has 1 aromatic carbocycles. The number of carbonyl (C=O) groups is 1. The van der Waals surface area contributed by atoms with Crippen LogP contribution in [0.4, 0.5) is 11.4 Å². The van der Waals surface area contributed by atoms with Crippen LogP contribution in [-0.4, -0.2) is 24.8 Å². The maximum atomic E-state index is 12.2. The van der Waals surface area contributed by atoms with Crippen LogP contribution in [0.1, 0.15) is 20.3 Å². The fraction of sp³-hybridized carbons (Fsp3) is 0.364. The highest BCUT2D eigenvalue weighted by molar-refractivity contribution is 7.89. The van der Waals surface area contributed by atoms with Crippen LogP contribution in [0.3, 0.4) is 0 Å². The molecule has 0 radical (unpaired) electrons. The van der Waals surface area contributed by atoms with Crippen molar-refractivity contribution in [3.63, 3.8) is 0 Å². The Morgan fingerprint density at radius 1 is 1.43 bits per heavy atom. The first-order valence-corrected chi connectivity index (χ1v) is 7.29. The average molecular weight is 316 g/mol. The van der Waals surface area contributed by atoms with E-state index in [1.54, 1.807) is 0 Å². The Balaban J connectivity index is 3.12. The number of nitrogen functional groups attached to an aromatic ring is 1. The van der Waals surface area contributed by atoms with Crippen LogP contribution >= 0.6 is 0 Å². The van der Waals surface area contributed by atoms with Crippen LogP contribution < -0.4 is 16.2 Å². The quantitative estimate of drug-likeness (QED) is 0.383. The molecule has 10 heteroatoms. The van der Waals surface area contributed by atoms with Crippen molar-refractivity contribution in [2.24, 2.45) is 5.73 Å². The first kappa shape index (κ1) is 16.9. The molecule has 1 aromatic rings. The maximum Gasteiger partial charge on any atom is 0.292 e. The van der Waals surface area contributed by atoms with Gasteiger partial charge in [0.1, 0.15) is 5.69 Å². The first-order valence-electron chi connectivity index (χ1n) is 5.81. The van der Waals surface area contributed by atoms with Crippen LogP contribution in [-0.2, 0) is 14.8 Å². The Morgan fingerprint density at radius 2 is 2.00 bits per heavy atom. The smallest absolute Gasteiger partial charge is 0.292 e. The monoisotopic (exact) mass is 316 g/mol. The van der Waals surface area contributed by atoms with Gasteiger partial charge in [-0.05, 0) is 26.0 Å². The van der Waals surface area contributed by atoms with Gasteiger partial charge in [-0.25, -0.2) is 13.1 Å². The number of rotatable bonds is 6. The summed E-state index contributed by atoms with van der Waals surface area (Å²) in [4.78, 5) is 20.6. The lowest BCUT2D eigenvalue weighted by molar-refractivity contribution is -0.383. The molecule has 0 heterocycles. The number of benzene rings is 1. The number of nitrogens with zero attached hydrogens (tertiary/aromatic N) is 1. The topological polar surface area (TPSA) is 158 Å². The van der Waals surface area contributed by atoms with Crippen LogP contribution in [0.25, 0.3) is 0 Å². The number of nitro groups is 1. The van der Waals surface area contributed by atoms with Gasteiger partial charge >= 0.3 is 0 Å². The highest BCUT2D eigenvalue weighted by Gasteiger charge is 2.28. The van der Waals surface area contributed by atoms with E-state index in [0.717, 1.165) is 18.2 Å². The fourth-order valence-electron chi connectivity index (χ4n) is 1.76. The van der Waals surface area contributed by atoms with Crippen molar-refractivity contribution in [1.29, 1.82) is 0 Å². The van der Waals surface area contributed by atoms with E-state index in [-0.39, 0.29) is 22.7 Å². The summed E-state index contributed by atoms with van der Waals surface area (Å²) in [5, 5.41) is 10.6. The minimum absolute atomic E-state index is 0.200. The van der Waals surface area contributed by atoms with Crippen LogP contribution in [0.15, 0.2) is 23.1 Å². The predicted molar refractivity (Wildman–Crippen MR) is 75.7 cm³/mol. The third kappa shape index (κ3) is 4.39. The Hall–Kier alpha value is -2.20. The van der Waals surface area contributed by atoms with Gasteiger partial charge in [0.15, 0.2) is 0 Å². The minimum atomic E-state index is -3.99. The highest BCUT2D eigenvalue weighted by atomic mass is 32.2. The van der Waals surface area contributed by atoms with Gasteiger partial charge in [-0.3, -0.25) is 14.9 Å². The lowest BCUT2D eigenvalue weighted by Gasteiger charge is -2.24. The maximum absolute atomic E-state index is 12.2. The van der Waals surface area contributed by atoms with Gasteiger partial charge < -0.3 is 11.5 Å². The van der Waals surface area contributed by atoms with Crippen LogP contribution in [0.2, 0.25) is 0 Å². The fourth-order valence-corrected chi connectivity index (χ4v) is 3.21. The lowest BCUT2D eigenvalue weighted by atomic mass is 10.0. The number of anilines is 1. The molecule has 0 saturated carbocycles. The number of primary amides is 1. The molecule has 0 aliphatic carbocycles. The van der Waals surface area contributed by atoms with E-state index in [9.17, 15) is 23.3 Å². The first-order chi connectivity index (χ1) is 9.44. The van der Waals surface area contributed by atoms with Gasteiger partial charge in [-0.2, -0.15) is 0 Å². The molecule has 21 heavy (non-hydrogen) atoms. The SMILES string of the molecule is CC(C)(CC(N)=O)NS(=O)(=O)c1ccc([N+](=O)[O-])c(N)c1. The second-order valence-electron chi connectivity index (χ2n) is 5.11. The Morgan fingerprint density at radius 3 is 2.43 bits per heavy atom. The second-order valence-corrected chi connectivity index (χ2v) is 6.79. The summed E-state index contributed by atoms with van der Waals surface area (Å²) in [5.74, 6) is -0.661. The zero-order valence-corrected chi connectivity index (χ0v) is 12.3. The standard InChI is InChI=1S/C11H16N4O5S/c1-11(2,6-10(13)16)14-21(19,20)7-3-4-9(15(17)18)8(12)5-7/h3-5,14H,6,12H2,1-2H3,(H2,13,16). The summed E-state index contributed by atoms with van der Waals surface area (Å²) in [6, 6.07) is 3.06. The number of nitrogens with one attached hydrogen (secondary N) is 1. The number of nitrogens with two attached hydrogens (primary N) is 2. The molecule has 0 atom stereocenters. The number of hydrogen-bond acceptors (Lipinski definition) is 6. The van der Waals surface area contributed by atoms with Crippen molar-refractivity contribution in [2.45, 2.75) is 30.7 Å². The summed E-state index contributed by atoms with van der Waals surface area (Å²) < 4.78 is 26.7. The van der Waals surface area contributed by atoms with Crippen molar-refractivity contribution < 1.29 is 18.1 Å². The largest absolute Gasteiger partial charge is 0.393 e. The van der Waals surface area contributed by atoms with Crippen molar-refractivity contribution in [2.75, 3.05) is 5.73 Å². The molecule has 116 valence electrons. The van der Waals surface area contributed by atoms with Gasteiger partial charge in [0.25, 0.3) is 5.69 Å². The molecule has 9 nitrogen and oxygen atoms in total. The second kappa shape index (κ2) is 5.66. The average Bonchev–Trinajstić information content (AvgIpc) is 2.24. The Labute approximate surface area is 121 Å². The summed E-state index contributed by atoms with van der Waals surface area (Å²) in [5.41, 5.74) is 8.75. The predicted octanol–water partition coefficient (Wildman–Crippen LogP) is 0.109. The number of amides is 1. The Bertz CT molecular complexity index is 684. The molecular weight excluding hydrogens is 300 g/mol. The van der Waals surface area contributed by atoms with Crippen LogP contribution in [0, 0.1) is 10.1 Å². The van der Waals surface area contributed by atoms with E-state index in [4.69, 9.17) is 11.5 Å². The zero-order chi connectivity index (χ0) is 16.4. The number of nitro benzene ring substituents is 1. The summed E-state index contributed by atoms with van der Waals surface area (Å²) >= 11 is 0. The van der Waals surface area contributed by atoms with E-state index >= 15 is 0 Å². The molecule has 0 saturated heterocycles. The molecule has 0 unspecified atom stereocenters. The molecule has 1 amide bonds. The molecular formula is C11H16N4O5S. The van der Waals surface area contributed by atoms with E-state index in [1.165, 1.54) is 13.8 Å². The summed E-state index contributed by atoms with van der Waals surface area (Å²) in [7, 11) is -3.99. The summed E-state index contributed by atoms with van der Waals surface area (Å²) in [6.07, 6.45) is -0.200. The van der Waals surface area contributed by atoms with Gasteiger partial charge in [-0.15, -0.1) is 0 Å². The van der Waals surface area contributed by atoms with Crippen molar-refractivity contribution in [3.05, 3.63) is 28.3 Å². The van der Waals surface area contributed by atoms with Gasteiger partial charge in [0, 0.05) is 18.0 Å². The van der Waals surface area contributed by atoms with Crippen molar-refractivity contribution >= 4 is 27.3 Å². The highest BCUT2D eigenvalue weighted by Crippen LogP contribution is 2.25. The third-order valence-corrected chi connectivity index (χ3v) is 4.23. The van der Waals surface area contributed by atoms with E-state index < -0.39 is 26.4 Å². The number of sulfonamides is 1. The molecule has 0 fully saturated rings.